The topological polar surface area (TPSA) is 64.1 Å². The van der Waals surface area contributed by atoms with E-state index in [1.165, 1.54) is 0 Å². The summed E-state index contributed by atoms with van der Waals surface area (Å²) in [5.74, 6) is 2.76. The third kappa shape index (κ3) is 4.45. The van der Waals surface area contributed by atoms with Crippen LogP contribution in [-0.4, -0.2) is 46.0 Å². The molecule has 0 spiro atoms. The molecule has 2 N–H and O–H groups in total. The quantitative estimate of drug-likeness (QED) is 0.642. The monoisotopic (exact) mass is 353 g/mol. The van der Waals surface area contributed by atoms with Gasteiger partial charge in [-0.1, -0.05) is 11.6 Å². The van der Waals surface area contributed by atoms with E-state index in [9.17, 15) is 0 Å². The number of hydrogen-bond donors (Lipinski definition) is 2. The highest BCUT2D eigenvalue weighted by Crippen LogP contribution is 2.38. The van der Waals surface area contributed by atoms with Crippen molar-refractivity contribution in [3.8, 4) is 11.5 Å². The number of ether oxygens (including phenoxy) is 3. The number of hydrogen-bond acceptors (Lipinski definition) is 4. The molecule has 0 saturated carbocycles. The summed E-state index contributed by atoms with van der Waals surface area (Å²) in [6, 6.07) is 3.85. The van der Waals surface area contributed by atoms with Crippen LogP contribution in [0.4, 0.5) is 0 Å². The summed E-state index contributed by atoms with van der Waals surface area (Å²) in [5.41, 5.74) is 1.03. The summed E-state index contributed by atoms with van der Waals surface area (Å²) in [5, 5.41) is 7.27. The van der Waals surface area contributed by atoms with Gasteiger partial charge in [0.15, 0.2) is 17.5 Å². The third-order valence-electron chi connectivity index (χ3n) is 4.24. The molecule has 1 fully saturated rings. The Kier molecular flexibility index (Phi) is 6.04. The normalized spacial score (nSPS) is 18.3. The highest BCUT2D eigenvalue weighted by Gasteiger charge is 2.17. The van der Waals surface area contributed by atoms with E-state index in [1.807, 2.05) is 12.1 Å². The summed E-state index contributed by atoms with van der Waals surface area (Å²) >= 11 is 6.27. The zero-order valence-electron chi connectivity index (χ0n) is 13.9. The van der Waals surface area contributed by atoms with Gasteiger partial charge in [0.1, 0.15) is 13.2 Å². The van der Waals surface area contributed by atoms with Crippen LogP contribution in [0, 0.1) is 5.92 Å². The average Bonchev–Trinajstić information content (AvgIpc) is 2.63. The largest absolute Gasteiger partial charge is 0.486 e. The molecule has 0 aromatic heterocycles. The maximum absolute atomic E-state index is 6.27. The maximum Gasteiger partial charge on any atom is 0.191 e. The first-order valence-corrected chi connectivity index (χ1v) is 8.74. The molecule has 2 heterocycles. The zero-order valence-corrected chi connectivity index (χ0v) is 14.7. The van der Waals surface area contributed by atoms with Crippen molar-refractivity contribution in [2.45, 2.75) is 19.4 Å². The Morgan fingerprint density at radius 1 is 1.17 bits per heavy atom. The third-order valence-corrected chi connectivity index (χ3v) is 4.52. The van der Waals surface area contributed by atoms with Gasteiger partial charge in [-0.25, -0.2) is 0 Å². The van der Waals surface area contributed by atoms with Crippen LogP contribution in [0.5, 0.6) is 11.5 Å². The van der Waals surface area contributed by atoms with Gasteiger partial charge in [-0.05, 0) is 36.5 Å². The molecule has 2 aliphatic rings. The maximum atomic E-state index is 6.27. The molecule has 0 unspecified atom stereocenters. The van der Waals surface area contributed by atoms with E-state index in [0.717, 1.165) is 44.1 Å². The Morgan fingerprint density at radius 2 is 1.96 bits per heavy atom. The van der Waals surface area contributed by atoms with Crippen LogP contribution in [0.1, 0.15) is 18.4 Å². The number of rotatable bonds is 4. The Balaban J connectivity index is 1.52. The predicted molar refractivity (Wildman–Crippen MR) is 94.2 cm³/mol. The fourth-order valence-corrected chi connectivity index (χ4v) is 3.15. The molecule has 0 bridgehead atoms. The summed E-state index contributed by atoms with van der Waals surface area (Å²) < 4.78 is 16.5. The minimum atomic E-state index is 0.535. The molecule has 3 rings (SSSR count). The van der Waals surface area contributed by atoms with Gasteiger partial charge in [-0.3, -0.25) is 4.99 Å². The van der Waals surface area contributed by atoms with Gasteiger partial charge >= 0.3 is 0 Å². The van der Waals surface area contributed by atoms with Gasteiger partial charge in [-0.2, -0.15) is 0 Å². The molecule has 1 saturated heterocycles. The van der Waals surface area contributed by atoms with Crippen LogP contribution in [0.25, 0.3) is 0 Å². The van der Waals surface area contributed by atoms with Crippen molar-refractivity contribution in [2.75, 3.05) is 40.0 Å². The van der Waals surface area contributed by atoms with Gasteiger partial charge in [0.2, 0.25) is 0 Å². The number of halogens is 1. The number of aliphatic imine (C=N–C) groups is 1. The number of fused-ring (bicyclic) bond motifs is 1. The van der Waals surface area contributed by atoms with E-state index in [-0.39, 0.29) is 0 Å². The molecule has 132 valence electrons. The Bertz CT molecular complexity index is 589. The average molecular weight is 354 g/mol. The first kappa shape index (κ1) is 17.2. The molecule has 0 amide bonds. The predicted octanol–water partition coefficient (Wildman–Crippen LogP) is 2.20. The van der Waals surface area contributed by atoms with Crippen LogP contribution in [0.2, 0.25) is 5.02 Å². The van der Waals surface area contributed by atoms with E-state index in [0.29, 0.717) is 42.2 Å². The molecule has 0 aliphatic carbocycles. The van der Waals surface area contributed by atoms with Crippen molar-refractivity contribution in [1.82, 2.24) is 10.6 Å². The standard InChI is InChI=1S/C17H24ClN3O3/c1-19-17(20-10-12-2-4-22-5-3-12)21-11-13-8-14(18)16-15(9-13)23-6-7-24-16/h8-9,12H,2-7,10-11H2,1H3,(H2,19,20,21). The second kappa shape index (κ2) is 8.44. The minimum Gasteiger partial charge on any atom is -0.486 e. The first-order chi connectivity index (χ1) is 11.8. The van der Waals surface area contributed by atoms with Gasteiger partial charge in [0.25, 0.3) is 0 Å². The SMILES string of the molecule is CN=C(NCc1cc(Cl)c2c(c1)OCCO2)NCC1CCOCC1. The lowest BCUT2D eigenvalue weighted by Crippen LogP contribution is -2.40. The highest BCUT2D eigenvalue weighted by atomic mass is 35.5. The van der Waals surface area contributed by atoms with Crippen LogP contribution in [0.15, 0.2) is 17.1 Å². The van der Waals surface area contributed by atoms with Gasteiger partial charge < -0.3 is 24.8 Å². The number of nitrogens with zero attached hydrogens (tertiary/aromatic N) is 1. The molecular weight excluding hydrogens is 330 g/mol. The van der Waals surface area contributed by atoms with E-state index in [4.69, 9.17) is 25.8 Å². The van der Waals surface area contributed by atoms with Crippen LogP contribution >= 0.6 is 11.6 Å². The highest BCUT2D eigenvalue weighted by molar-refractivity contribution is 6.32. The number of nitrogens with one attached hydrogen (secondary N) is 2. The Labute approximate surface area is 147 Å². The molecular formula is C17H24ClN3O3. The van der Waals surface area contributed by atoms with E-state index < -0.39 is 0 Å². The van der Waals surface area contributed by atoms with Crippen molar-refractivity contribution in [3.05, 3.63) is 22.7 Å². The minimum absolute atomic E-state index is 0.535. The second-order valence-electron chi connectivity index (χ2n) is 5.96. The van der Waals surface area contributed by atoms with Crippen molar-refractivity contribution in [3.63, 3.8) is 0 Å². The lowest BCUT2D eigenvalue weighted by Gasteiger charge is -2.23. The molecule has 1 aromatic carbocycles. The molecule has 0 atom stereocenters. The van der Waals surface area contributed by atoms with E-state index in [1.54, 1.807) is 7.05 Å². The fraction of sp³-hybridized carbons (Fsp3) is 0.588. The molecule has 2 aliphatic heterocycles. The van der Waals surface area contributed by atoms with Crippen LogP contribution in [0.3, 0.4) is 0 Å². The van der Waals surface area contributed by atoms with E-state index in [2.05, 4.69) is 15.6 Å². The number of benzene rings is 1. The Morgan fingerprint density at radius 3 is 2.75 bits per heavy atom. The fourth-order valence-electron chi connectivity index (χ4n) is 2.86. The second-order valence-corrected chi connectivity index (χ2v) is 6.37. The molecule has 6 nitrogen and oxygen atoms in total. The van der Waals surface area contributed by atoms with Crippen molar-refractivity contribution >= 4 is 17.6 Å². The van der Waals surface area contributed by atoms with Crippen LogP contribution < -0.4 is 20.1 Å². The lowest BCUT2D eigenvalue weighted by molar-refractivity contribution is 0.0675. The van der Waals surface area contributed by atoms with Crippen LogP contribution in [-0.2, 0) is 11.3 Å². The van der Waals surface area contributed by atoms with Crippen molar-refractivity contribution in [1.29, 1.82) is 0 Å². The van der Waals surface area contributed by atoms with Gasteiger partial charge in [-0.15, -0.1) is 0 Å². The lowest BCUT2D eigenvalue weighted by atomic mass is 10.0. The van der Waals surface area contributed by atoms with Gasteiger partial charge in [0, 0.05) is 33.4 Å². The summed E-state index contributed by atoms with van der Waals surface area (Å²) in [6.07, 6.45) is 2.20. The molecule has 7 heteroatoms. The summed E-state index contributed by atoms with van der Waals surface area (Å²) in [7, 11) is 1.77. The van der Waals surface area contributed by atoms with Crippen molar-refractivity contribution < 1.29 is 14.2 Å². The summed E-state index contributed by atoms with van der Waals surface area (Å²) in [6.45, 7) is 4.32. The number of guanidine groups is 1. The zero-order chi connectivity index (χ0) is 16.8. The molecule has 0 radical (unpaired) electrons. The molecule has 1 aromatic rings. The Hall–Kier alpha value is -1.66. The van der Waals surface area contributed by atoms with Gasteiger partial charge in [0.05, 0.1) is 5.02 Å². The molecule has 24 heavy (non-hydrogen) atoms. The van der Waals surface area contributed by atoms with E-state index >= 15 is 0 Å². The first-order valence-electron chi connectivity index (χ1n) is 8.36. The van der Waals surface area contributed by atoms with Crippen molar-refractivity contribution in [2.24, 2.45) is 10.9 Å². The smallest absolute Gasteiger partial charge is 0.191 e. The summed E-state index contributed by atoms with van der Waals surface area (Å²) in [4.78, 5) is 4.27.